The first-order chi connectivity index (χ1) is 14.4. The first-order valence-corrected chi connectivity index (χ1v) is 12.2. The Morgan fingerprint density at radius 1 is 1.00 bits per heavy atom. The molecule has 4 rings (SSSR count). The SMILES string of the molecule is CCN1CCN(c2oc(-c3ccc(Br)cc3)nc2S(=O)(=O)c2ccc(C)cc2)CC1. The molecule has 6 nitrogen and oxygen atoms in total. The minimum Gasteiger partial charge on any atom is -0.419 e. The van der Waals surface area contributed by atoms with Gasteiger partial charge in [-0.1, -0.05) is 40.5 Å². The second-order valence-electron chi connectivity index (χ2n) is 7.37. The summed E-state index contributed by atoms with van der Waals surface area (Å²) in [5.74, 6) is 0.630. The highest BCUT2D eigenvalue weighted by Crippen LogP contribution is 2.35. The number of hydrogen-bond acceptors (Lipinski definition) is 6. The van der Waals surface area contributed by atoms with Gasteiger partial charge in [0.15, 0.2) is 0 Å². The van der Waals surface area contributed by atoms with Crippen molar-refractivity contribution in [2.75, 3.05) is 37.6 Å². The van der Waals surface area contributed by atoms with E-state index < -0.39 is 9.84 Å². The van der Waals surface area contributed by atoms with Crippen molar-refractivity contribution in [1.29, 1.82) is 0 Å². The lowest BCUT2D eigenvalue weighted by Crippen LogP contribution is -2.46. The second-order valence-corrected chi connectivity index (χ2v) is 10.2. The number of benzene rings is 2. The summed E-state index contributed by atoms with van der Waals surface area (Å²) in [6, 6.07) is 14.3. The van der Waals surface area contributed by atoms with E-state index in [0.29, 0.717) is 24.9 Å². The van der Waals surface area contributed by atoms with E-state index in [9.17, 15) is 8.42 Å². The summed E-state index contributed by atoms with van der Waals surface area (Å²) >= 11 is 3.42. The Kier molecular flexibility index (Phi) is 5.99. The normalized spacial score (nSPS) is 15.5. The third-order valence-electron chi connectivity index (χ3n) is 5.36. The van der Waals surface area contributed by atoms with Gasteiger partial charge in [0.2, 0.25) is 26.6 Å². The van der Waals surface area contributed by atoms with Crippen molar-refractivity contribution >= 4 is 31.7 Å². The molecule has 0 radical (unpaired) electrons. The third-order valence-corrected chi connectivity index (χ3v) is 7.56. The number of rotatable bonds is 5. The van der Waals surface area contributed by atoms with Crippen molar-refractivity contribution in [2.45, 2.75) is 23.8 Å². The van der Waals surface area contributed by atoms with Crippen LogP contribution in [0.15, 0.2) is 67.3 Å². The average molecular weight is 490 g/mol. The summed E-state index contributed by atoms with van der Waals surface area (Å²) in [5.41, 5.74) is 1.73. The van der Waals surface area contributed by atoms with E-state index in [1.165, 1.54) is 0 Å². The highest BCUT2D eigenvalue weighted by atomic mass is 79.9. The summed E-state index contributed by atoms with van der Waals surface area (Å²) in [6.07, 6.45) is 0. The van der Waals surface area contributed by atoms with Gasteiger partial charge in [-0.25, -0.2) is 8.42 Å². The molecule has 0 bridgehead atoms. The molecule has 1 aliphatic rings. The van der Waals surface area contributed by atoms with Gasteiger partial charge < -0.3 is 14.2 Å². The number of nitrogens with zero attached hydrogens (tertiary/aromatic N) is 3. The average Bonchev–Trinajstić information content (AvgIpc) is 3.21. The molecule has 1 fully saturated rings. The largest absolute Gasteiger partial charge is 0.419 e. The Bertz CT molecular complexity index is 1120. The van der Waals surface area contributed by atoms with Crippen molar-refractivity contribution in [3.05, 3.63) is 58.6 Å². The highest BCUT2D eigenvalue weighted by Gasteiger charge is 2.32. The maximum absolute atomic E-state index is 13.5. The van der Waals surface area contributed by atoms with E-state index in [2.05, 4.69) is 32.7 Å². The van der Waals surface area contributed by atoms with Crippen LogP contribution in [-0.2, 0) is 9.84 Å². The quantitative estimate of drug-likeness (QED) is 0.529. The lowest BCUT2D eigenvalue weighted by Gasteiger charge is -2.33. The van der Waals surface area contributed by atoms with Crippen molar-refractivity contribution in [2.24, 2.45) is 0 Å². The van der Waals surface area contributed by atoms with Crippen molar-refractivity contribution in [3.63, 3.8) is 0 Å². The number of sulfone groups is 1. The molecule has 0 saturated carbocycles. The molecular weight excluding hydrogens is 466 g/mol. The van der Waals surface area contributed by atoms with Crippen LogP contribution in [0.2, 0.25) is 0 Å². The minimum absolute atomic E-state index is 0.0192. The summed E-state index contributed by atoms with van der Waals surface area (Å²) in [4.78, 5) is 9.01. The zero-order valence-corrected chi connectivity index (χ0v) is 19.4. The standard InChI is InChI=1S/C22H24BrN3O3S/c1-3-25-12-14-26(15-13-25)22-21(30(27,28)19-10-4-16(2)5-11-19)24-20(29-22)17-6-8-18(23)9-7-17/h4-11H,3,12-15H2,1-2H3. The van der Waals surface area contributed by atoms with Crippen LogP contribution in [0.25, 0.3) is 11.5 Å². The van der Waals surface area contributed by atoms with Gasteiger partial charge in [-0.15, -0.1) is 0 Å². The number of aryl methyl sites for hydroxylation is 1. The van der Waals surface area contributed by atoms with Crippen LogP contribution in [0.5, 0.6) is 0 Å². The van der Waals surface area contributed by atoms with E-state index in [-0.39, 0.29) is 9.92 Å². The lowest BCUT2D eigenvalue weighted by molar-refractivity contribution is 0.266. The van der Waals surface area contributed by atoms with Crippen LogP contribution in [0, 0.1) is 6.92 Å². The fourth-order valence-electron chi connectivity index (χ4n) is 3.49. The second kappa shape index (κ2) is 8.53. The monoisotopic (exact) mass is 489 g/mol. The summed E-state index contributed by atoms with van der Waals surface area (Å²) in [5, 5.41) is -0.0192. The van der Waals surface area contributed by atoms with Gasteiger partial charge in [-0.2, -0.15) is 4.98 Å². The molecule has 30 heavy (non-hydrogen) atoms. The number of likely N-dealkylation sites (N-methyl/N-ethyl adjacent to an activating group) is 1. The van der Waals surface area contributed by atoms with Crippen molar-refractivity contribution in [1.82, 2.24) is 9.88 Å². The van der Waals surface area contributed by atoms with Crippen LogP contribution < -0.4 is 4.90 Å². The van der Waals surface area contributed by atoms with Gasteiger partial charge in [0.05, 0.1) is 4.90 Å². The van der Waals surface area contributed by atoms with E-state index in [1.54, 1.807) is 24.3 Å². The van der Waals surface area contributed by atoms with Crippen LogP contribution in [0.4, 0.5) is 5.88 Å². The van der Waals surface area contributed by atoms with Gasteiger partial charge in [0, 0.05) is 36.2 Å². The molecule has 0 spiro atoms. The molecule has 2 aromatic carbocycles. The summed E-state index contributed by atoms with van der Waals surface area (Å²) in [7, 11) is -3.82. The van der Waals surface area contributed by atoms with Gasteiger partial charge in [0.1, 0.15) is 0 Å². The van der Waals surface area contributed by atoms with E-state index >= 15 is 0 Å². The molecule has 1 saturated heterocycles. The molecule has 2 heterocycles. The highest BCUT2D eigenvalue weighted by molar-refractivity contribution is 9.10. The topological polar surface area (TPSA) is 66.7 Å². The molecule has 0 unspecified atom stereocenters. The maximum Gasteiger partial charge on any atom is 0.236 e. The van der Waals surface area contributed by atoms with Gasteiger partial charge >= 0.3 is 0 Å². The smallest absolute Gasteiger partial charge is 0.236 e. The molecule has 0 amide bonds. The zero-order valence-electron chi connectivity index (χ0n) is 17.0. The van der Waals surface area contributed by atoms with Crippen LogP contribution in [-0.4, -0.2) is 51.0 Å². The fourth-order valence-corrected chi connectivity index (χ4v) is 5.07. The molecule has 0 atom stereocenters. The number of hydrogen-bond donors (Lipinski definition) is 0. The predicted octanol–water partition coefficient (Wildman–Crippen LogP) is 4.39. The summed E-state index contributed by atoms with van der Waals surface area (Å²) < 4.78 is 33.9. The first-order valence-electron chi connectivity index (χ1n) is 9.94. The Labute approximate surface area is 185 Å². The lowest BCUT2D eigenvalue weighted by atomic mass is 10.2. The Morgan fingerprint density at radius 2 is 1.63 bits per heavy atom. The first kappa shape index (κ1) is 21.1. The fraction of sp³-hybridized carbons (Fsp3) is 0.318. The molecule has 3 aromatic rings. The van der Waals surface area contributed by atoms with Crippen molar-refractivity contribution in [3.8, 4) is 11.5 Å². The molecule has 0 aliphatic carbocycles. The predicted molar refractivity (Wildman–Crippen MR) is 121 cm³/mol. The number of anilines is 1. The van der Waals surface area contributed by atoms with Gasteiger partial charge in [0.25, 0.3) is 0 Å². The Morgan fingerprint density at radius 3 is 2.23 bits per heavy atom. The van der Waals surface area contributed by atoms with Crippen molar-refractivity contribution < 1.29 is 12.8 Å². The van der Waals surface area contributed by atoms with E-state index in [0.717, 1.165) is 35.2 Å². The Balaban J connectivity index is 1.79. The van der Waals surface area contributed by atoms with Gasteiger partial charge in [-0.05, 0) is 49.9 Å². The maximum atomic E-state index is 13.5. The molecule has 1 aliphatic heterocycles. The molecule has 0 N–H and O–H groups in total. The Hall–Kier alpha value is -2.16. The number of halogens is 1. The third kappa shape index (κ3) is 4.17. The van der Waals surface area contributed by atoms with E-state index in [4.69, 9.17) is 4.42 Å². The molecule has 158 valence electrons. The van der Waals surface area contributed by atoms with Crippen LogP contribution in [0.1, 0.15) is 12.5 Å². The number of oxazole rings is 1. The van der Waals surface area contributed by atoms with Crippen LogP contribution >= 0.6 is 15.9 Å². The summed E-state index contributed by atoms with van der Waals surface area (Å²) in [6.45, 7) is 8.13. The molecule has 1 aromatic heterocycles. The number of aromatic nitrogens is 1. The van der Waals surface area contributed by atoms with Crippen LogP contribution in [0.3, 0.4) is 0 Å². The number of piperazine rings is 1. The van der Waals surface area contributed by atoms with Gasteiger partial charge in [-0.3, -0.25) is 0 Å². The zero-order chi connectivity index (χ0) is 21.3. The molecular formula is C22H24BrN3O3S. The minimum atomic E-state index is -3.82. The van der Waals surface area contributed by atoms with E-state index in [1.807, 2.05) is 36.1 Å². The molecule has 8 heteroatoms.